The minimum absolute atomic E-state index is 0.0409. The smallest absolute Gasteiger partial charge is 0.259 e. The number of hydrogen-bond donors (Lipinski definition) is 1. The van der Waals surface area contributed by atoms with Crippen molar-refractivity contribution in [3.8, 4) is 0 Å². The average Bonchev–Trinajstić information content (AvgIpc) is 3.18. The SMILES string of the molecule is CCN(CC)c1ccc(C=Nc2sc3c(c2C(=O)Nc2cc(C)ccc2C)CCCCCC3)cc1. The second-order valence-electron chi connectivity index (χ2n) is 9.39. The Morgan fingerprint density at radius 1 is 1.00 bits per heavy atom. The Morgan fingerprint density at radius 2 is 1.71 bits per heavy atom. The third-order valence-corrected chi connectivity index (χ3v) is 8.07. The molecule has 5 heteroatoms. The molecule has 0 aliphatic heterocycles. The fourth-order valence-corrected chi connectivity index (χ4v) is 6.01. The molecule has 184 valence electrons. The summed E-state index contributed by atoms with van der Waals surface area (Å²) in [4.78, 5) is 22.2. The number of amides is 1. The summed E-state index contributed by atoms with van der Waals surface area (Å²) in [6, 6.07) is 14.7. The molecule has 0 fully saturated rings. The van der Waals surface area contributed by atoms with Crippen molar-refractivity contribution in [2.75, 3.05) is 23.3 Å². The lowest BCUT2D eigenvalue weighted by molar-refractivity contribution is 0.102. The Morgan fingerprint density at radius 3 is 2.43 bits per heavy atom. The van der Waals surface area contributed by atoms with Crippen LogP contribution in [0.4, 0.5) is 16.4 Å². The van der Waals surface area contributed by atoms with Gasteiger partial charge in [-0.05, 0) is 93.8 Å². The number of anilines is 2. The summed E-state index contributed by atoms with van der Waals surface area (Å²) < 4.78 is 0. The highest BCUT2D eigenvalue weighted by atomic mass is 32.1. The predicted molar refractivity (Wildman–Crippen MR) is 151 cm³/mol. The number of nitrogens with zero attached hydrogens (tertiary/aromatic N) is 2. The quantitative estimate of drug-likeness (QED) is 0.345. The van der Waals surface area contributed by atoms with Crippen LogP contribution in [-0.2, 0) is 12.8 Å². The van der Waals surface area contributed by atoms with Crippen LogP contribution in [0.1, 0.15) is 77.0 Å². The van der Waals surface area contributed by atoms with E-state index >= 15 is 0 Å². The van der Waals surface area contributed by atoms with Crippen LogP contribution in [0.3, 0.4) is 0 Å². The van der Waals surface area contributed by atoms with E-state index < -0.39 is 0 Å². The van der Waals surface area contributed by atoms with Crippen LogP contribution in [0.2, 0.25) is 0 Å². The minimum Gasteiger partial charge on any atom is -0.372 e. The number of carbonyl (C=O) groups is 1. The van der Waals surface area contributed by atoms with E-state index in [1.54, 1.807) is 11.3 Å². The molecule has 0 bridgehead atoms. The molecule has 1 amide bonds. The van der Waals surface area contributed by atoms with Crippen molar-refractivity contribution in [1.29, 1.82) is 0 Å². The van der Waals surface area contributed by atoms with Gasteiger partial charge in [-0.2, -0.15) is 0 Å². The molecule has 0 unspecified atom stereocenters. The molecule has 0 atom stereocenters. The maximum absolute atomic E-state index is 13.6. The molecule has 2 aromatic carbocycles. The molecule has 1 heterocycles. The number of rotatable bonds is 7. The largest absolute Gasteiger partial charge is 0.372 e. The van der Waals surface area contributed by atoms with E-state index in [9.17, 15) is 4.79 Å². The van der Waals surface area contributed by atoms with E-state index in [1.807, 2.05) is 19.2 Å². The lowest BCUT2D eigenvalue weighted by atomic mass is 9.96. The van der Waals surface area contributed by atoms with Gasteiger partial charge in [-0.3, -0.25) is 4.79 Å². The van der Waals surface area contributed by atoms with Gasteiger partial charge >= 0.3 is 0 Å². The van der Waals surface area contributed by atoms with E-state index in [-0.39, 0.29) is 5.91 Å². The van der Waals surface area contributed by atoms with Gasteiger partial charge in [0.25, 0.3) is 5.91 Å². The first kappa shape index (κ1) is 25.2. The van der Waals surface area contributed by atoms with Gasteiger partial charge in [-0.25, -0.2) is 4.99 Å². The van der Waals surface area contributed by atoms with E-state index in [1.165, 1.54) is 35.4 Å². The van der Waals surface area contributed by atoms with Crippen molar-refractivity contribution >= 4 is 39.8 Å². The Balaban J connectivity index is 1.66. The van der Waals surface area contributed by atoms with Crippen molar-refractivity contribution in [3.63, 3.8) is 0 Å². The van der Waals surface area contributed by atoms with Crippen molar-refractivity contribution in [3.05, 3.63) is 75.2 Å². The number of benzene rings is 2. The highest BCUT2D eigenvalue weighted by Gasteiger charge is 2.24. The van der Waals surface area contributed by atoms with Crippen LogP contribution in [0.5, 0.6) is 0 Å². The summed E-state index contributed by atoms with van der Waals surface area (Å²) in [5.74, 6) is -0.0409. The minimum atomic E-state index is -0.0409. The average molecular weight is 488 g/mol. The van der Waals surface area contributed by atoms with Gasteiger partial charge in [0.2, 0.25) is 0 Å². The Kier molecular flexibility index (Phi) is 8.40. The lowest BCUT2D eigenvalue weighted by Crippen LogP contribution is -2.21. The maximum Gasteiger partial charge on any atom is 0.259 e. The van der Waals surface area contributed by atoms with Crippen molar-refractivity contribution < 1.29 is 4.79 Å². The van der Waals surface area contributed by atoms with Crippen LogP contribution in [0.25, 0.3) is 0 Å². The van der Waals surface area contributed by atoms with E-state index in [0.29, 0.717) is 0 Å². The molecule has 0 saturated carbocycles. The number of nitrogens with one attached hydrogen (secondary N) is 1. The number of hydrogen-bond acceptors (Lipinski definition) is 4. The molecule has 1 aliphatic carbocycles. The van der Waals surface area contributed by atoms with Gasteiger partial charge in [-0.15, -0.1) is 11.3 Å². The third kappa shape index (κ3) is 6.02. The molecule has 4 nitrogen and oxygen atoms in total. The Labute approximate surface area is 214 Å². The first-order valence-electron chi connectivity index (χ1n) is 12.9. The van der Waals surface area contributed by atoms with Gasteiger partial charge in [-0.1, -0.05) is 37.1 Å². The molecule has 35 heavy (non-hydrogen) atoms. The van der Waals surface area contributed by atoms with Gasteiger partial charge < -0.3 is 10.2 Å². The van der Waals surface area contributed by atoms with Gasteiger partial charge in [0.05, 0.1) is 5.56 Å². The van der Waals surface area contributed by atoms with Crippen LogP contribution >= 0.6 is 11.3 Å². The second kappa shape index (κ2) is 11.7. The monoisotopic (exact) mass is 487 g/mol. The molecule has 0 saturated heterocycles. The summed E-state index contributed by atoms with van der Waals surface area (Å²) in [7, 11) is 0. The highest BCUT2D eigenvalue weighted by Crippen LogP contribution is 2.39. The molecule has 0 radical (unpaired) electrons. The Bertz CT molecular complexity index is 1190. The highest BCUT2D eigenvalue weighted by molar-refractivity contribution is 7.16. The third-order valence-electron chi connectivity index (χ3n) is 6.87. The molecule has 1 aliphatic rings. The number of aryl methyl sites for hydroxylation is 3. The van der Waals surface area contributed by atoms with E-state index in [2.05, 4.69) is 67.4 Å². The summed E-state index contributed by atoms with van der Waals surface area (Å²) in [6.07, 6.45) is 8.70. The summed E-state index contributed by atoms with van der Waals surface area (Å²) in [6.45, 7) is 10.4. The van der Waals surface area contributed by atoms with Gasteiger partial charge in [0.1, 0.15) is 5.00 Å². The van der Waals surface area contributed by atoms with Crippen molar-refractivity contribution in [2.45, 2.75) is 66.2 Å². The second-order valence-corrected chi connectivity index (χ2v) is 10.5. The number of aliphatic imine (C=N–C) groups is 1. The fourth-order valence-electron chi connectivity index (χ4n) is 4.78. The van der Waals surface area contributed by atoms with Crippen LogP contribution in [-0.4, -0.2) is 25.2 Å². The van der Waals surface area contributed by atoms with Crippen molar-refractivity contribution in [1.82, 2.24) is 0 Å². The molecular formula is C30H37N3OS. The normalized spacial score (nSPS) is 13.8. The topological polar surface area (TPSA) is 44.7 Å². The molecule has 1 aromatic heterocycles. The maximum atomic E-state index is 13.6. The number of carbonyl (C=O) groups excluding carboxylic acids is 1. The first-order valence-corrected chi connectivity index (χ1v) is 13.7. The zero-order valence-corrected chi connectivity index (χ0v) is 22.3. The Hall–Kier alpha value is -2.92. The van der Waals surface area contributed by atoms with E-state index in [0.717, 1.165) is 65.3 Å². The summed E-state index contributed by atoms with van der Waals surface area (Å²) >= 11 is 1.70. The zero-order chi connectivity index (χ0) is 24.8. The first-order chi connectivity index (χ1) is 17.0. The summed E-state index contributed by atoms with van der Waals surface area (Å²) in [5, 5.41) is 4.03. The molecule has 0 spiro atoms. The predicted octanol–water partition coefficient (Wildman–Crippen LogP) is 7.87. The van der Waals surface area contributed by atoms with Crippen LogP contribution < -0.4 is 10.2 Å². The van der Waals surface area contributed by atoms with Crippen LogP contribution in [0, 0.1) is 13.8 Å². The zero-order valence-electron chi connectivity index (χ0n) is 21.5. The number of thiophene rings is 1. The molecule has 1 N–H and O–H groups in total. The van der Waals surface area contributed by atoms with E-state index in [4.69, 9.17) is 4.99 Å². The molecule has 3 aromatic rings. The van der Waals surface area contributed by atoms with Gasteiger partial charge in [0.15, 0.2) is 0 Å². The number of fused-ring (bicyclic) bond motifs is 1. The standard InChI is InChI=1S/C30H37N3OS/c1-5-33(6-2)24-17-15-23(16-18-24)20-31-30-28(25-11-9-7-8-10-12-27(25)35-30)29(34)32-26-19-21(3)13-14-22(26)4/h13-20H,5-12H2,1-4H3,(H,32,34). The molecule has 4 rings (SSSR count). The van der Waals surface area contributed by atoms with Crippen LogP contribution in [0.15, 0.2) is 47.5 Å². The van der Waals surface area contributed by atoms with Crippen molar-refractivity contribution in [2.24, 2.45) is 4.99 Å². The summed E-state index contributed by atoms with van der Waals surface area (Å²) in [5.41, 5.74) is 7.33. The fraction of sp³-hybridized carbons (Fsp3) is 0.400. The molecular weight excluding hydrogens is 450 g/mol. The van der Waals surface area contributed by atoms with Gasteiger partial charge in [0, 0.05) is 35.6 Å². The lowest BCUT2D eigenvalue weighted by Gasteiger charge is -2.20.